The number of hydrogen-bond acceptors (Lipinski definition) is 4. The molecule has 1 unspecified atom stereocenters. The Labute approximate surface area is 245 Å². The molecule has 12 heteroatoms. The van der Waals surface area contributed by atoms with Crippen molar-refractivity contribution in [2.75, 3.05) is 0 Å². The minimum absolute atomic E-state index is 0.00960. The topological polar surface area (TPSA) is 88.5 Å². The van der Waals surface area contributed by atoms with Gasteiger partial charge in [-0.1, -0.05) is 18.2 Å². The Balaban J connectivity index is 1.54. The molecule has 43 heavy (non-hydrogen) atoms. The molecule has 5 nitrogen and oxygen atoms in total. The van der Waals surface area contributed by atoms with Gasteiger partial charge in [0, 0.05) is 6.42 Å². The smallest absolute Gasteiger partial charge is 0.426 e. The molecule has 2 fully saturated rings. The first kappa shape index (κ1) is 31.5. The maximum absolute atomic E-state index is 15.8. The van der Waals surface area contributed by atoms with Crippen molar-refractivity contribution in [3.8, 4) is 0 Å². The number of carboxylic acid groups (broad SMARTS) is 1. The number of Topliss-reactive ketones (excluding diaryl/α,β-unsaturated/α-hetero) is 1. The van der Waals surface area contributed by atoms with E-state index < -0.39 is 73.0 Å². The largest absolute Gasteiger partial charge is 0.481 e. The monoisotopic (exact) mass is 630 g/mol. The SMILES string of the molecule is CC(F)(c1ccc2c(c1)CC[C@H]1[C@H](CC(=O)C3(F)CCC(C(=O)O)CC3)CC[C@@]21S(=O)(=O)c1ccc(F)cc1)C(F)(F)F. The molecule has 0 saturated heterocycles. The van der Waals surface area contributed by atoms with Crippen molar-refractivity contribution in [1.82, 2.24) is 0 Å². The van der Waals surface area contributed by atoms with Crippen LogP contribution in [0.4, 0.5) is 26.3 Å². The minimum Gasteiger partial charge on any atom is -0.481 e. The molecule has 0 aliphatic heterocycles. The van der Waals surface area contributed by atoms with Crippen LogP contribution in [0.25, 0.3) is 0 Å². The highest BCUT2D eigenvalue weighted by Gasteiger charge is 2.61. The summed E-state index contributed by atoms with van der Waals surface area (Å²) >= 11 is 0. The van der Waals surface area contributed by atoms with Crippen LogP contribution < -0.4 is 0 Å². The number of aryl methyl sites for hydroxylation is 1. The molecule has 1 N–H and O–H groups in total. The zero-order valence-corrected chi connectivity index (χ0v) is 24.2. The summed E-state index contributed by atoms with van der Waals surface area (Å²) in [5, 5.41) is 9.24. The number of benzene rings is 2. The molecule has 3 aliphatic rings. The third-order valence-electron chi connectivity index (χ3n) is 10.1. The molecule has 234 valence electrons. The lowest BCUT2D eigenvalue weighted by Crippen LogP contribution is -2.46. The van der Waals surface area contributed by atoms with Gasteiger partial charge in [-0.3, -0.25) is 9.59 Å². The molecular weight excluding hydrogens is 598 g/mol. The molecule has 2 saturated carbocycles. The molecule has 4 atom stereocenters. The first-order valence-corrected chi connectivity index (χ1v) is 15.8. The summed E-state index contributed by atoms with van der Waals surface area (Å²) in [4.78, 5) is 24.4. The van der Waals surface area contributed by atoms with Gasteiger partial charge in [-0.05, 0) is 111 Å². The quantitative estimate of drug-likeness (QED) is 0.259. The van der Waals surface area contributed by atoms with Gasteiger partial charge in [0.05, 0.1) is 10.8 Å². The molecule has 5 rings (SSSR count). The van der Waals surface area contributed by atoms with Crippen LogP contribution in [0.3, 0.4) is 0 Å². The maximum atomic E-state index is 15.8. The third kappa shape index (κ3) is 5.07. The third-order valence-corrected chi connectivity index (χ3v) is 12.7. The highest BCUT2D eigenvalue weighted by molar-refractivity contribution is 7.92. The average Bonchev–Trinajstić information content (AvgIpc) is 3.32. The van der Waals surface area contributed by atoms with Gasteiger partial charge in [-0.25, -0.2) is 21.6 Å². The van der Waals surface area contributed by atoms with Gasteiger partial charge >= 0.3 is 12.1 Å². The van der Waals surface area contributed by atoms with Gasteiger partial charge < -0.3 is 5.11 Å². The van der Waals surface area contributed by atoms with E-state index in [0.29, 0.717) is 6.92 Å². The second-order valence-corrected chi connectivity index (χ2v) is 14.6. The summed E-state index contributed by atoms with van der Waals surface area (Å²) < 4.78 is 112. The summed E-state index contributed by atoms with van der Waals surface area (Å²) in [6.45, 7) is 0.402. The van der Waals surface area contributed by atoms with Gasteiger partial charge in [0.25, 0.3) is 0 Å². The van der Waals surface area contributed by atoms with E-state index in [0.717, 1.165) is 36.4 Å². The van der Waals surface area contributed by atoms with Crippen LogP contribution in [-0.4, -0.2) is 37.1 Å². The molecule has 3 aliphatic carbocycles. The molecular formula is C31H32F6O5S. The van der Waals surface area contributed by atoms with Crippen LogP contribution in [0.2, 0.25) is 0 Å². The van der Waals surface area contributed by atoms with E-state index in [1.807, 2.05) is 0 Å². The van der Waals surface area contributed by atoms with Gasteiger partial charge in [0.15, 0.2) is 21.3 Å². The second kappa shape index (κ2) is 10.6. The Morgan fingerprint density at radius 2 is 1.58 bits per heavy atom. The number of ketones is 1. The number of sulfone groups is 1. The molecule has 0 bridgehead atoms. The normalized spacial score (nSPS) is 30.6. The van der Waals surface area contributed by atoms with Crippen molar-refractivity contribution >= 4 is 21.6 Å². The second-order valence-electron chi connectivity index (χ2n) is 12.4. The van der Waals surface area contributed by atoms with Gasteiger partial charge in [0.1, 0.15) is 10.6 Å². The fourth-order valence-electron chi connectivity index (χ4n) is 7.52. The zero-order valence-electron chi connectivity index (χ0n) is 23.4. The Hall–Kier alpha value is -2.89. The predicted octanol–water partition coefficient (Wildman–Crippen LogP) is 7.16. The van der Waals surface area contributed by atoms with Gasteiger partial charge in [0.2, 0.25) is 5.67 Å². The highest BCUT2D eigenvalue weighted by atomic mass is 32.2. The first-order chi connectivity index (χ1) is 19.9. The van der Waals surface area contributed by atoms with E-state index in [1.54, 1.807) is 0 Å². The average molecular weight is 631 g/mol. The number of alkyl halides is 5. The Kier molecular flexibility index (Phi) is 7.79. The number of carbonyl (C=O) groups is 2. The van der Waals surface area contributed by atoms with E-state index in [-0.39, 0.29) is 73.8 Å². The number of hydrogen-bond donors (Lipinski definition) is 1. The Bertz CT molecular complexity index is 1530. The highest BCUT2D eigenvalue weighted by Crippen LogP contribution is 2.60. The number of carbonyl (C=O) groups excluding carboxylic acids is 1. The molecule has 0 amide bonds. The predicted molar refractivity (Wildman–Crippen MR) is 144 cm³/mol. The molecule has 0 radical (unpaired) electrons. The van der Waals surface area contributed by atoms with Crippen molar-refractivity contribution in [3.63, 3.8) is 0 Å². The summed E-state index contributed by atoms with van der Waals surface area (Å²) in [6.07, 6.45) is -5.50. The zero-order chi connectivity index (χ0) is 31.6. The Morgan fingerprint density at radius 3 is 2.16 bits per heavy atom. The number of aliphatic carboxylic acids is 1. The summed E-state index contributed by atoms with van der Waals surface area (Å²) in [7, 11) is -4.35. The summed E-state index contributed by atoms with van der Waals surface area (Å²) in [6, 6.07) is 7.40. The van der Waals surface area contributed by atoms with E-state index in [2.05, 4.69) is 0 Å². The fraction of sp³-hybridized carbons (Fsp3) is 0.548. The first-order valence-electron chi connectivity index (χ1n) is 14.3. The maximum Gasteiger partial charge on any atom is 0.426 e. The minimum atomic E-state index is -5.21. The van der Waals surface area contributed by atoms with Crippen LogP contribution in [0.1, 0.15) is 75.0 Å². The van der Waals surface area contributed by atoms with Crippen LogP contribution in [0.5, 0.6) is 0 Å². The molecule has 0 aromatic heterocycles. The molecule has 2 aromatic carbocycles. The van der Waals surface area contributed by atoms with Crippen molar-refractivity contribution in [2.45, 2.75) is 91.9 Å². The van der Waals surface area contributed by atoms with Crippen LogP contribution in [0, 0.1) is 23.6 Å². The number of fused-ring (bicyclic) bond motifs is 3. The van der Waals surface area contributed by atoms with E-state index in [1.165, 1.54) is 6.07 Å². The van der Waals surface area contributed by atoms with Crippen molar-refractivity contribution in [1.29, 1.82) is 0 Å². The number of rotatable bonds is 7. The standard InChI is InChI=1S/C31H32F6O5S/c1-28(33,31(35,36)37)21-3-9-25-19(16-21)2-8-24-20(17-26(38)29(34)13-10-18(11-14-29)27(39)40)12-15-30(24,25)43(41,42)23-6-4-22(32)5-7-23/h3-7,9,16,18,20,24H,2,8,10-15,17H2,1H3,(H,39,40)/t18?,20-,24-,28?,29?,30-/m0/s1. The van der Waals surface area contributed by atoms with E-state index >= 15 is 4.39 Å². The lowest BCUT2D eigenvalue weighted by Gasteiger charge is -2.43. The van der Waals surface area contributed by atoms with Crippen molar-refractivity contribution in [2.24, 2.45) is 17.8 Å². The van der Waals surface area contributed by atoms with E-state index in [9.17, 15) is 45.1 Å². The number of halogens is 6. The van der Waals surface area contributed by atoms with Crippen LogP contribution in [-0.2, 0) is 36.3 Å². The lowest BCUT2D eigenvalue weighted by atomic mass is 9.70. The van der Waals surface area contributed by atoms with Crippen molar-refractivity contribution < 1.29 is 49.5 Å². The lowest BCUT2D eigenvalue weighted by molar-refractivity contribution is -0.228. The summed E-state index contributed by atoms with van der Waals surface area (Å²) in [5.41, 5.74) is -6.11. The number of carboxylic acids is 1. The molecule has 2 aromatic rings. The van der Waals surface area contributed by atoms with Crippen LogP contribution in [0.15, 0.2) is 47.4 Å². The van der Waals surface area contributed by atoms with Gasteiger partial charge in [-0.2, -0.15) is 13.2 Å². The fourth-order valence-corrected chi connectivity index (χ4v) is 10.0. The van der Waals surface area contributed by atoms with E-state index in [4.69, 9.17) is 0 Å². The summed E-state index contributed by atoms with van der Waals surface area (Å²) in [5.74, 6) is -4.47. The Morgan fingerprint density at radius 1 is 0.953 bits per heavy atom. The van der Waals surface area contributed by atoms with Crippen molar-refractivity contribution in [3.05, 3.63) is 65.0 Å². The van der Waals surface area contributed by atoms with Gasteiger partial charge in [-0.15, -0.1) is 0 Å². The molecule has 0 spiro atoms. The van der Waals surface area contributed by atoms with Crippen LogP contribution >= 0.6 is 0 Å². The molecule has 0 heterocycles.